The predicted octanol–water partition coefficient (Wildman–Crippen LogP) is 2.87. The molecule has 1 aromatic heterocycles. The van der Waals surface area contributed by atoms with E-state index in [2.05, 4.69) is 15.3 Å². The molecule has 1 aliphatic heterocycles. The lowest BCUT2D eigenvalue weighted by Gasteiger charge is -2.40. The zero-order chi connectivity index (χ0) is 17.8. The summed E-state index contributed by atoms with van der Waals surface area (Å²) in [4.78, 5) is 23.0. The first-order valence-corrected chi connectivity index (χ1v) is 9.26. The summed E-state index contributed by atoms with van der Waals surface area (Å²) in [5, 5.41) is 3.25. The molecule has 0 radical (unpaired) electrons. The SMILES string of the molecule is O=C(c1cccc(CNc2ccncn2)c1)N1CCOC2(CCCC2)C1. The van der Waals surface area contributed by atoms with Crippen LogP contribution in [0.15, 0.2) is 42.9 Å². The highest BCUT2D eigenvalue weighted by Crippen LogP contribution is 2.36. The van der Waals surface area contributed by atoms with Gasteiger partial charge in [-0.15, -0.1) is 0 Å². The van der Waals surface area contributed by atoms with E-state index in [-0.39, 0.29) is 11.5 Å². The van der Waals surface area contributed by atoms with Gasteiger partial charge in [0.25, 0.3) is 5.91 Å². The van der Waals surface area contributed by atoms with Gasteiger partial charge in [0.2, 0.25) is 0 Å². The number of hydrogen-bond acceptors (Lipinski definition) is 5. The van der Waals surface area contributed by atoms with Crippen LogP contribution in [0.1, 0.15) is 41.6 Å². The van der Waals surface area contributed by atoms with Crippen LogP contribution in [0.2, 0.25) is 0 Å². The maximum atomic E-state index is 13.0. The lowest BCUT2D eigenvalue weighted by atomic mass is 9.99. The Morgan fingerprint density at radius 1 is 1.27 bits per heavy atom. The standard InChI is InChI=1S/C20H24N4O2/c25-19(24-10-11-26-20(14-24)7-1-2-8-20)17-5-3-4-16(12-17)13-22-18-6-9-21-15-23-18/h3-6,9,12,15H,1-2,7-8,10-11,13-14H2,(H,21,22,23). The number of carbonyl (C=O) groups is 1. The van der Waals surface area contributed by atoms with Crippen LogP contribution < -0.4 is 5.32 Å². The molecule has 6 nitrogen and oxygen atoms in total. The second-order valence-electron chi connectivity index (χ2n) is 7.11. The number of aromatic nitrogens is 2. The van der Waals surface area contributed by atoms with Gasteiger partial charge in [-0.25, -0.2) is 9.97 Å². The van der Waals surface area contributed by atoms with Crippen molar-refractivity contribution in [2.24, 2.45) is 0 Å². The largest absolute Gasteiger partial charge is 0.371 e. The predicted molar refractivity (Wildman–Crippen MR) is 98.9 cm³/mol. The molecule has 1 aliphatic carbocycles. The highest BCUT2D eigenvalue weighted by atomic mass is 16.5. The Morgan fingerprint density at radius 2 is 2.15 bits per heavy atom. The van der Waals surface area contributed by atoms with Gasteiger partial charge in [0, 0.05) is 24.8 Å². The lowest BCUT2D eigenvalue weighted by Crippen LogP contribution is -2.52. The zero-order valence-electron chi connectivity index (χ0n) is 14.9. The fourth-order valence-corrected chi connectivity index (χ4v) is 3.92. The molecule has 1 aromatic carbocycles. The van der Waals surface area contributed by atoms with E-state index in [1.807, 2.05) is 35.2 Å². The van der Waals surface area contributed by atoms with Gasteiger partial charge in [-0.3, -0.25) is 4.79 Å². The molecule has 1 amide bonds. The van der Waals surface area contributed by atoms with Crippen molar-refractivity contribution in [2.75, 3.05) is 25.0 Å². The van der Waals surface area contributed by atoms with E-state index < -0.39 is 0 Å². The van der Waals surface area contributed by atoms with E-state index >= 15 is 0 Å². The van der Waals surface area contributed by atoms with E-state index in [1.165, 1.54) is 19.2 Å². The van der Waals surface area contributed by atoms with Crippen LogP contribution in [0.25, 0.3) is 0 Å². The average Bonchev–Trinajstić information content (AvgIpc) is 3.14. The molecule has 4 rings (SSSR count). The molecule has 2 aromatic rings. The summed E-state index contributed by atoms with van der Waals surface area (Å²) in [7, 11) is 0. The summed E-state index contributed by atoms with van der Waals surface area (Å²) in [5.74, 6) is 0.872. The minimum absolute atomic E-state index is 0.0971. The topological polar surface area (TPSA) is 67.4 Å². The third kappa shape index (κ3) is 3.70. The molecule has 2 heterocycles. The van der Waals surface area contributed by atoms with Crippen LogP contribution in [0.5, 0.6) is 0 Å². The number of nitrogens with one attached hydrogen (secondary N) is 1. The van der Waals surface area contributed by atoms with Crippen LogP contribution in [0.3, 0.4) is 0 Å². The Kier molecular flexibility index (Phi) is 4.84. The first-order chi connectivity index (χ1) is 12.7. The van der Waals surface area contributed by atoms with Crippen molar-refractivity contribution in [1.29, 1.82) is 0 Å². The fraction of sp³-hybridized carbons (Fsp3) is 0.450. The molecule has 1 spiro atoms. The second-order valence-corrected chi connectivity index (χ2v) is 7.11. The van der Waals surface area contributed by atoms with E-state index in [1.54, 1.807) is 6.20 Å². The summed E-state index contributed by atoms with van der Waals surface area (Å²) in [6, 6.07) is 9.64. The van der Waals surface area contributed by atoms with Crippen LogP contribution in [-0.4, -0.2) is 46.1 Å². The molecular formula is C20H24N4O2. The van der Waals surface area contributed by atoms with Crippen LogP contribution >= 0.6 is 0 Å². The number of rotatable bonds is 4. The van der Waals surface area contributed by atoms with Crippen LogP contribution in [0.4, 0.5) is 5.82 Å². The Hall–Kier alpha value is -2.47. The van der Waals surface area contributed by atoms with Crippen molar-refractivity contribution in [2.45, 2.75) is 37.8 Å². The summed E-state index contributed by atoms with van der Waals surface area (Å²) < 4.78 is 6.04. The fourth-order valence-electron chi connectivity index (χ4n) is 3.92. The summed E-state index contributed by atoms with van der Waals surface area (Å²) in [5.41, 5.74) is 1.69. The van der Waals surface area contributed by atoms with Crippen molar-refractivity contribution in [3.8, 4) is 0 Å². The number of amides is 1. The van der Waals surface area contributed by atoms with Gasteiger partial charge in [-0.05, 0) is 36.6 Å². The van der Waals surface area contributed by atoms with Crippen molar-refractivity contribution in [3.63, 3.8) is 0 Å². The van der Waals surface area contributed by atoms with Crippen molar-refractivity contribution < 1.29 is 9.53 Å². The van der Waals surface area contributed by atoms with E-state index in [0.29, 0.717) is 19.7 Å². The molecular weight excluding hydrogens is 328 g/mol. The molecule has 0 unspecified atom stereocenters. The number of carbonyl (C=O) groups excluding carboxylic acids is 1. The minimum atomic E-state index is -0.0971. The first-order valence-electron chi connectivity index (χ1n) is 9.26. The molecule has 1 saturated carbocycles. The number of hydrogen-bond donors (Lipinski definition) is 1. The van der Waals surface area contributed by atoms with E-state index in [9.17, 15) is 4.79 Å². The number of ether oxygens (including phenoxy) is 1. The maximum Gasteiger partial charge on any atom is 0.254 e. The molecule has 6 heteroatoms. The van der Waals surface area contributed by atoms with Gasteiger partial charge >= 0.3 is 0 Å². The van der Waals surface area contributed by atoms with Gasteiger partial charge in [-0.1, -0.05) is 25.0 Å². The van der Waals surface area contributed by atoms with Crippen LogP contribution in [0, 0.1) is 0 Å². The van der Waals surface area contributed by atoms with Gasteiger partial charge < -0.3 is 15.0 Å². The average molecular weight is 352 g/mol. The van der Waals surface area contributed by atoms with Crippen LogP contribution in [-0.2, 0) is 11.3 Å². The van der Waals surface area contributed by atoms with Gasteiger partial charge in [-0.2, -0.15) is 0 Å². The number of morpholine rings is 1. The first kappa shape index (κ1) is 17.0. The molecule has 2 aliphatic rings. The second kappa shape index (κ2) is 7.41. The number of nitrogens with zero attached hydrogens (tertiary/aromatic N) is 3. The van der Waals surface area contributed by atoms with Gasteiger partial charge in [0.15, 0.2) is 0 Å². The van der Waals surface area contributed by atoms with Gasteiger partial charge in [0.05, 0.1) is 18.8 Å². The Balaban J connectivity index is 1.43. The Morgan fingerprint density at radius 3 is 2.96 bits per heavy atom. The number of benzene rings is 1. The van der Waals surface area contributed by atoms with E-state index in [4.69, 9.17) is 4.74 Å². The Bertz CT molecular complexity index is 759. The molecule has 1 N–H and O–H groups in total. The Labute approximate surface area is 153 Å². The molecule has 26 heavy (non-hydrogen) atoms. The van der Waals surface area contributed by atoms with Crippen molar-refractivity contribution >= 4 is 11.7 Å². The van der Waals surface area contributed by atoms with Gasteiger partial charge in [0.1, 0.15) is 12.1 Å². The smallest absolute Gasteiger partial charge is 0.254 e. The van der Waals surface area contributed by atoms with Crippen molar-refractivity contribution in [3.05, 3.63) is 54.0 Å². The molecule has 0 bridgehead atoms. The maximum absolute atomic E-state index is 13.0. The lowest BCUT2D eigenvalue weighted by molar-refractivity contribution is -0.0948. The highest BCUT2D eigenvalue weighted by Gasteiger charge is 2.40. The molecule has 1 saturated heterocycles. The molecule has 2 fully saturated rings. The summed E-state index contributed by atoms with van der Waals surface area (Å²) in [6.07, 6.45) is 7.75. The quantitative estimate of drug-likeness (QED) is 0.916. The normalized spacial score (nSPS) is 18.8. The minimum Gasteiger partial charge on any atom is -0.371 e. The summed E-state index contributed by atoms with van der Waals surface area (Å²) in [6.45, 7) is 2.64. The number of anilines is 1. The molecule has 0 atom stereocenters. The monoisotopic (exact) mass is 352 g/mol. The van der Waals surface area contributed by atoms with Crippen molar-refractivity contribution in [1.82, 2.24) is 14.9 Å². The highest BCUT2D eigenvalue weighted by molar-refractivity contribution is 5.94. The zero-order valence-corrected chi connectivity index (χ0v) is 14.9. The molecule has 136 valence electrons. The van der Waals surface area contributed by atoms with E-state index in [0.717, 1.165) is 36.3 Å². The third-order valence-corrected chi connectivity index (χ3v) is 5.28. The summed E-state index contributed by atoms with van der Waals surface area (Å²) >= 11 is 0. The third-order valence-electron chi connectivity index (χ3n) is 5.28.